The topological polar surface area (TPSA) is 64.0 Å². The predicted octanol–water partition coefficient (Wildman–Crippen LogP) is 2.32. The molecule has 0 bridgehead atoms. The van der Waals surface area contributed by atoms with Gasteiger partial charge in [-0.2, -0.15) is 8.42 Å². The summed E-state index contributed by atoms with van der Waals surface area (Å²) < 4.78 is 40.9. The highest BCUT2D eigenvalue weighted by Crippen LogP contribution is 2.23. The summed E-state index contributed by atoms with van der Waals surface area (Å²) in [5.41, 5.74) is 0.749. The Kier molecular flexibility index (Phi) is 3.51. The fourth-order valence-corrected chi connectivity index (χ4v) is 3.07. The van der Waals surface area contributed by atoms with E-state index in [0.29, 0.717) is 5.56 Å². The van der Waals surface area contributed by atoms with Crippen molar-refractivity contribution in [3.05, 3.63) is 41.1 Å². The monoisotopic (exact) mass is 303 g/mol. The maximum Gasteiger partial charge on any atom is 0.282 e. The zero-order valence-electron chi connectivity index (χ0n) is 10.2. The van der Waals surface area contributed by atoms with Crippen LogP contribution in [-0.2, 0) is 17.1 Å². The third-order valence-electron chi connectivity index (χ3n) is 2.52. The molecule has 0 saturated heterocycles. The van der Waals surface area contributed by atoms with Crippen molar-refractivity contribution in [3.8, 4) is 0 Å². The number of sulfonamides is 1. The maximum atomic E-state index is 13.0. The van der Waals surface area contributed by atoms with E-state index < -0.39 is 15.8 Å². The molecule has 0 spiro atoms. The van der Waals surface area contributed by atoms with Gasteiger partial charge in [0.2, 0.25) is 5.03 Å². The lowest BCUT2D eigenvalue weighted by atomic mass is 10.2. The Morgan fingerprint density at radius 3 is 2.63 bits per heavy atom. The minimum Gasteiger partial charge on any atom is -0.324 e. The van der Waals surface area contributed by atoms with Gasteiger partial charge in [-0.1, -0.05) is 11.6 Å². The summed E-state index contributed by atoms with van der Waals surface area (Å²) in [5, 5.41) is -0.257. The molecule has 8 heteroatoms. The minimum absolute atomic E-state index is 0.00673. The van der Waals surface area contributed by atoms with Crippen LogP contribution in [0.1, 0.15) is 5.56 Å². The van der Waals surface area contributed by atoms with E-state index in [9.17, 15) is 12.8 Å². The molecular weight excluding hydrogens is 293 g/mol. The summed E-state index contributed by atoms with van der Waals surface area (Å²) in [7, 11) is -2.31. The summed E-state index contributed by atoms with van der Waals surface area (Å²) in [6.45, 7) is 1.60. The van der Waals surface area contributed by atoms with Gasteiger partial charge >= 0.3 is 0 Å². The predicted molar refractivity (Wildman–Crippen MR) is 70.2 cm³/mol. The maximum absolute atomic E-state index is 13.0. The number of aryl methyl sites for hydroxylation is 2. The highest BCUT2D eigenvalue weighted by molar-refractivity contribution is 7.92. The Morgan fingerprint density at radius 2 is 2.11 bits per heavy atom. The summed E-state index contributed by atoms with van der Waals surface area (Å²) in [6, 6.07) is 3.75. The van der Waals surface area contributed by atoms with E-state index in [0.717, 1.165) is 0 Å². The van der Waals surface area contributed by atoms with Gasteiger partial charge in [0.1, 0.15) is 11.0 Å². The molecule has 0 amide bonds. The highest BCUT2D eigenvalue weighted by Gasteiger charge is 2.23. The molecule has 2 rings (SSSR count). The van der Waals surface area contributed by atoms with Crippen molar-refractivity contribution in [2.24, 2.45) is 7.05 Å². The van der Waals surface area contributed by atoms with Crippen LogP contribution in [-0.4, -0.2) is 18.0 Å². The van der Waals surface area contributed by atoms with E-state index in [1.807, 2.05) is 0 Å². The van der Waals surface area contributed by atoms with Crippen LogP contribution < -0.4 is 4.72 Å². The average Bonchev–Trinajstić information content (AvgIpc) is 2.64. The normalized spacial score (nSPS) is 11.6. The van der Waals surface area contributed by atoms with Gasteiger partial charge in [0.25, 0.3) is 10.0 Å². The van der Waals surface area contributed by atoms with Crippen molar-refractivity contribution in [2.45, 2.75) is 11.9 Å². The first-order valence-corrected chi connectivity index (χ1v) is 7.13. The Balaban J connectivity index is 2.39. The number of hydrogen-bond donors (Lipinski definition) is 1. The third-order valence-corrected chi connectivity index (χ3v) is 4.38. The fraction of sp³-hybridized carbons (Fsp3) is 0.182. The molecule has 0 radical (unpaired) electrons. The molecule has 102 valence electrons. The number of nitrogens with zero attached hydrogens (tertiary/aromatic N) is 2. The van der Waals surface area contributed by atoms with Crippen molar-refractivity contribution in [1.29, 1.82) is 0 Å². The molecule has 0 aliphatic carbocycles. The lowest BCUT2D eigenvalue weighted by Gasteiger charge is -2.09. The number of rotatable bonds is 3. The summed E-state index contributed by atoms with van der Waals surface area (Å²) in [4.78, 5) is 3.74. The summed E-state index contributed by atoms with van der Waals surface area (Å²) in [5.74, 6) is -0.434. The summed E-state index contributed by atoms with van der Waals surface area (Å²) >= 11 is 5.85. The van der Waals surface area contributed by atoms with Crippen molar-refractivity contribution in [3.63, 3.8) is 0 Å². The second-order valence-corrected chi connectivity index (χ2v) is 5.97. The molecule has 0 fully saturated rings. The van der Waals surface area contributed by atoms with E-state index in [1.165, 1.54) is 29.1 Å². The Hall–Kier alpha value is -1.60. The van der Waals surface area contributed by atoms with Gasteiger partial charge in [-0.05, 0) is 30.7 Å². The number of aromatic nitrogens is 2. The molecule has 0 unspecified atom stereocenters. The van der Waals surface area contributed by atoms with Gasteiger partial charge in [-0.15, -0.1) is 0 Å². The molecule has 1 heterocycles. The smallest absolute Gasteiger partial charge is 0.282 e. The van der Waals surface area contributed by atoms with Crippen molar-refractivity contribution in [2.75, 3.05) is 4.72 Å². The average molecular weight is 304 g/mol. The lowest BCUT2D eigenvalue weighted by molar-refractivity contribution is 0.598. The SMILES string of the molecule is Cc1cc(F)ccc1NS(=O)(=O)c1ncn(C)c1Cl. The van der Waals surface area contributed by atoms with Gasteiger partial charge in [0.15, 0.2) is 0 Å². The lowest BCUT2D eigenvalue weighted by Crippen LogP contribution is -2.15. The molecule has 1 N–H and O–H groups in total. The number of nitrogens with one attached hydrogen (secondary N) is 1. The fourth-order valence-electron chi connectivity index (χ4n) is 1.51. The van der Waals surface area contributed by atoms with Crippen LogP contribution >= 0.6 is 11.6 Å². The van der Waals surface area contributed by atoms with E-state index in [4.69, 9.17) is 11.6 Å². The van der Waals surface area contributed by atoms with E-state index in [2.05, 4.69) is 9.71 Å². The van der Waals surface area contributed by atoms with Crippen LogP contribution in [0.2, 0.25) is 5.15 Å². The molecule has 0 aliphatic heterocycles. The quantitative estimate of drug-likeness (QED) is 0.946. The molecule has 0 aliphatic rings. The number of benzene rings is 1. The second-order valence-electron chi connectivity index (χ2n) is 4.02. The van der Waals surface area contributed by atoms with Crippen LogP contribution in [0.25, 0.3) is 0 Å². The van der Waals surface area contributed by atoms with Crippen molar-refractivity contribution in [1.82, 2.24) is 9.55 Å². The standard InChI is InChI=1S/C11H11ClFN3O2S/c1-7-5-8(13)3-4-9(7)15-19(17,18)11-10(12)16(2)6-14-11/h3-6,15H,1-2H3. The van der Waals surface area contributed by atoms with Crippen LogP contribution in [0.15, 0.2) is 29.6 Å². The molecule has 5 nitrogen and oxygen atoms in total. The van der Waals surface area contributed by atoms with Gasteiger partial charge in [-0.3, -0.25) is 4.72 Å². The van der Waals surface area contributed by atoms with Crippen LogP contribution in [0.5, 0.6) is 0 Å². The van der Waals surface area contributed by atoms with Crippen molar-refractivity contribution >= 4 is 27.3 Å². The molecule has 0 atom stereocenters. The van der Waals surface area contributed by atoms with Gasteiger partial charge < -0.3 is 4.57 Å². The molecule has 19 heavy (non-hydrogen) atoms. The second kappa shape index (κ2) is 4.82. The zero-order chi connectivity index (χ0) is 14.2. The molecule has 1 aromatic heterocycles. The van der Waals surface area contributed by atoms with E-state index in [-0.39, 0.29) is 15.9 Å². The van der Waals surface area contributed by atoms with E-state index >= 15 is 0 Å². The van der Waals surface area contributed by atoms with Crippen molar-refractivity contribution < 1.29 is 12.8 Å². The summed E-state index contributed by atoms with van der Waals surface area (Å²) in [6.07, 6.45) is 1.30. The van der Waals surface area contributed by atoms with Gasteiger partial charge in [-0.25, -0.2) is 9.37 Å². The van der Waals surface area contributed by atoms with Crippen LogP contribution in [0.3, 0.4) is 0 Å². The van der Waals surface area contributed by atoms with Crippen LogP contribution in [0, 0.1) is 12.7 Å². The van der Waals surface area contributed by atoms with E-state index in [1.54, 1.807) is 14.0 Å². The number of imidazole rings is 1. The number of anilines is 1. The largest absolute Gasteiger partial charge is 0.324 e. The minimum atomic E-state index is -3.89. The molecule has 0 saturated carbocycles. The first kappa shape index (κ1) is 13.8. The first-order valence-electron chi connectivity index (χ1n) is 5.27. The molecular formula is C11H11ClFN3O2S. The Bertz CT molecular complexity index is 728. The highest BCUT2D eigenvalue weighted by atomic mass is 35.5. The number of hydrogen-bond acceptors (Lipinski definition) is 3. The Labute approximate surface area is 115 Å². The molecule has 2 aromatic rings. The Morgan fingerprint density at radius 1 is 1.42 bits per heavy atom. The van der Waals surface area contributed by atoms with Crippen LogP contribution in [0.4, 0.5) is 10.1 Å². The van der Waals surface area contributed by atoms with Gasteiger partial charge in [0.05, 0.1) is 12.0 Å². The molecule has 1 aromatic carbocycles. The third kappa shape index (κ3) is 2.71. The zero-order valence-corrected chi connectivity index (χ0v) is 11.8. The number of halogens is 2. The van der Waals surface area contributed by atoms with Gasteiger partial charge in [0, 0.05) is 7.05 Å². The first-order chi connectivity index (χ1) is 8.81.